The molecule has 94 valence electrons. The topological polar surface area (TPSA) is 56.0 Å². The van der Waals surface area contributed by atoms with Crippen LogP contribution in [0.5, 0.6) is 0 Å². The molecular weight excluding hydrogens is 230 g/mol. The minimum Gasteiger partial charge on any atom is -0.312 e. The number of hydrogen-bond acceptors (Lipinski definition) is 3. The summed E-state index contributed by atoms with van der Waals surface area (Å²) in [4.78, 5) is 24.7. The lowest BCUT2D eigenvalue weighted by molar-refractivity contribution is 0.323. The van der Waals surface area contributed by atoms with Crippen LogP contribution in [0.4, 0.5) is 0 Å². The van der Waals surface area contributed by atoms with Crippen LogP contribution in [0.15, 0.2) is 27.8 Å². The van der Waals surface area contributed by atoms with Crippen molar-refractivity contribution in [1.82, 2.24) is 14.5 Å². The van der Waals surface area contributed by atoms with Crippen LogP contribution in [0.25, 0.3) is 10.9 Å². The molecule has 0 radical (unpaired) electrons. The molecule has 0 spiro atoms. The molecule has 5 heteroatoms. The van der Waals surface area contributed by atoms with Gasteiger partial charge in [-0.3, -0.25) is 13.9 Å². The maximum Gasteiger partial charge on any atom is 0.331 e. The lowest BCUT2D eigenvalue weighted by Gasteiger charge is -2.29. The Labute approximate surface area is 104 Å². The Morgan fingerprint density at radius 1 is 1.28 bits per heavy atom. The summed E-state index contributed by atoms with van der Waals surface area (Å²) in [6, 6.07) is 5.57. The van der Waals surface area contributed by atoms with Crippen molar-refractivity contribution < 1.29 is 0 Å². The zero-order valence-electron chi connectivity index (χ0n) is 10.4. The predicted molar refractivity (Wildman–Crippen MR) is 70.1 cm³/mol. The minimum absolute atomic E-state index is 0.0137. The quantitative estimate of drug-likeness (QED) is 0.778. The van der Waals surface area contributed by atoms with E-state index < -0.39 is 0 Å². The summed E-state index contributed by atoms with van der Waals surface area (Å²) in [7, 11) is 1.71. The number of nitrogens with zero attached hydrogens (tertiary/aromatic N) is 2. The van der Waals surface area contributed by atoms with Crippen molar-refractivity contribution in [3.63, 3.8) is 0 Å². The van der Waals surface area contributed by atoms with E-state index in [0.29, 0.717) is 24.0 Å². The Morgan fingerprint density at radius 2 is 2.00 bits per heavy atom. The van der Waals surface area contributed by atoms with Crippen LogP contribution in [0.2, 0.25) is 0 Å². The summed E-state index contributed by atoms with van der Waals surface area (Å²) in [6.45, 7) is 3.27. The molecule has 0 saturated carbocycles. The Balaban J connectivity index is 2.48. The Morgan fingerprint density at radius 3 is 2.61 bits per heavy atom. The fraction of sp³-hybridized carbons (Fsp3) is 0.385. The Kier molecular flexibility index (Phi) is 2.38. The normalized spacial score (nSPS) is 15.9. The second-order valence-electron chi connectivity index (χ2n) is 4.80. The number of fused-ring (bicyclic) bond motifs is 1. The van der Waals surface area contributed by atoms with Crippen LogP contribution >= 0.6 is 0 Å². The molecule has 2 aromatic rings. The summed E-state index contributed by atoms with van der Waals surface area (Å²) >= 11 is 0. The number of aryl methyl sites for hydroxylation is 2. The zero-order chi connectivity index (χ0) is 12.9. The SMILES string of the molecule is Cc1cccc2c1c(=O)n(C1CNC1)c(=O)n2C. The third-order valence-corrected chi connectivity index (χ3v) is 3.66. The number of hydrogen-bond donors (Lipinski definition) is 1. The van der Waals surface area contributed by atoms with Crippen molar-refractivity contribution >= 4 is 10.9 Å². The average molecular weight is 245 g/mol. The molecule has 1 saturated heterocycles. The molecule has 3 rings (SSSR count). The van der Waals surface area contributed by atoms with E-state index in [4.69, 9.17) is 0 Å². The van der Waals surface area contributed by atoms with Gasteiger partial charge in [-0.15, -0.1) is 0 Å². The third kappa shape index (κ3) is 1.37. The van der Waals surface area contributed by atoms with Gasteiger partial charge in [0.2, 0.25) is 0 Å². The first-order valence-corrected chi connectivity index (χ1v) is 6.03. The van der Waals surface area contributed by atoms with E-state index in [2.05, 4.69) is 5.32 Å². The first-order valence-electron chi connectivity index (χ1n) is 6.03. The summed E-state index contributed by atoms with van der Waals surface area (Å²) in [5.41, 5.74) is 1.21. The highest BCUT2D eigenvalue weighted by Crippen LogP contribution is 2.14. The molecule has 5 nitrogen and oxygen atoms in total. The summed E-state index contributed by atoms with van der Waals surface area (Å²) in [6.07, 6.45) is 0. The molecule has 0 bridgehead atoms. The van der Waals surface area contributed by atoms with E-state index >= 15 is 0 Å². The second kappa shape index (κ2) is 3.81. The summed E-state index contributed by atoms with van der Waals surface area (Å²) in [5, 5.41) is 3.73. The van der Waals surface area contributed by atoms with Crippen molar-refractivity contribution in [3.8, 4) is 0 Å². The van der Waals surface area contributed by atoms with Crippen molar-refractivity contribution in [2.24, 2.45) is 7.05 Å². The number of aromatic nitrogens is 2. The van der Waals surface area contributed by atoms with Gasteiger partial charge in [-0.05, 0) is 18.6 Å². The minimum atomic E-state index is -0.232. The molecule has 1 aromatic heterocycles. The molecule has 2 heterocycles. The van der Waals surface area contributed by atoms with Gasteiger partial charge in [-0.1, -0.05) is 12.1 Å². The standard InChI is InChI=1S/C13H15N3O2/c1-8-4-3-5-10-11(8)12(17)16(9-6-14-7-9)13(18)15(10)2/h3-5,9,14H,6-7H2,1-2H3. The maximum atomic E-state index is 12.5. The van der Waals surface area contributed by atoms with Gasteiger partial charge in [0.15, 0.2) is 0 Å². The molecule has 1 aliphatic heterocycles. The Bertz CT molecular complexity index is 738. The van der Waals surface area contributed by atoms with Gasteiger partial charge in [0.1, 0.15) is 0 Å². The van der Waals surface area contributed by atoms with E-state index in [-0.39, 0.29) is 17.3 Å². The largest absolute Gasteiger partial charge is 0.331 e. The van der Waals surface area contributed by atoms with Gasteiger partial charge in [-0.25, -0.2) is 4.79 Å². The Hall–Kier alpha value is -1.88. The molecule has 1 aromatic carbocycles. The molecule has 1 N–H and O–H groups in total. The van der Waals surface area contributed by atoms with Gasteiger partial charge in [0.25, 0.3) is 5.56 Å². The van der Waals surface area contributed by atoms with Crippen LogP contribution in [-0.2, 0) is 7.05 Å². The van der Waals surface area contributed by atoms with Crippen molar-refractivity contribution in [3.05, 3.63) is 44.6 Å². The van der Waals surface area contributed by atoms with E-state index in [9.17, 15) is 9.59 Å². The first kappa shape index (κ1) is 11.2. The summed E-state index contributed by atoms with van der Waals surface area (Å²) in [5.74, 6) is 0. The molecular formula is C13H15N3O2. The molecule has 0 aliphatic carbocycles. The fourth-order valence-electron chi connectivity index (χ4n) is 2.46. The van der Waals surface area contributed by atoms with Gasteiger partial charge < -0.3 is 5.32 Å². The van der Waals surface area contributed by atoms with Crippen LogP contribution in [-0.4, -0.2) is 22.2 Å². The van der Waals surface area contributed by atoms with Crippen molar-refractivity contribution in [2.45, 2.75) is 13.0 Å². The van der Waals surface area contributed by atoms with Crippen molar-refractivity contribution in [2.75, 3.05) is 13.1 Å². The van der Waals surface area contributed by atoms with E-state index in [1.165, 1.54) is 4.57 Å². The molecule has 1 fully saturated rings. The highest BCUT2D eigenvalue weighted by molar-refractivity contribution is 5.81. The molecule has 1 aliphatic rings. The monoisotopic (exact) mass is 245 g/mol. The molecule has 18 heavy (non-hydrogen) atoms. The van der Waals surface area contributed by atoms with Crippen molar-refractivity contribution in [1.29, 1.82) is 0 Å². The van der Waals surface area contributed by atoms with Crippen LogP contribution in [0.1, 0.15) is 11.6 Å². The number of rotatable bonds is 1. The first-order chi connectivity index (χ1) is 8.61. The van der Waals surface area contributed by atoms with Crippen LogP contribution in [0, 0.1) is 6.92 Å². The van der Waals surface area contributed by atoms with Gasteiger partial charge in [0.05, 0.1) is 16.9 Å². The van der Waals surface area contributed by atoms with Gasteiger partial charge in [0, 0.05) is 20.1 Å². The number of nitrogens with one attached hydrogen (secondary N) is 1. The highest BCUT2D eigenvalue weighted by atomic mass is 16.2. The smallest absolute Gasteiger partial charge is 0.312 e. The summed E-state index contributed by atoms with van der Waals surface area (Å²) < 4.78 is 2.94. The van der Waals surface area contributed by atoms with Crippen LogP contribution in [0.3, 0.4) is 0 Å². The van der Waals surface area contributed by atoms with E-state index in [1.54, 1.807) is 11.6 Å². The molecule has 0 unspecified atom stereocenters. The molecule has 0 amide bonds. The lowest BCUT2D eigenvalue weighted by Crippen LogP contribution is -2.53. The van der Waals surface area contributed by atoms with E-state index in [1.807, 2.05) is 25.1 Å². The fourth-order valence-corrected chi connectivity index (χ4v) is 2.46. The third-order valence-electron chi connectivity index (χ3n) is 3.66. The zero-order valence-corrected chi connectivity index (χ0v) is 10.4. The van der Waals surface area contributed by atoms with Gasteiger partial charge >= 0.3 is 5.69 Å². The maximum absolute atomic E-state index is 12.5. The van der Waals surface area contributed by atoms with E-state index in [0.717, 1.165) is 5.56 Å². The average Bonchev–Trinajstić information content (AvgIpc) is 2.29. The molecule has 0 atom stereocenters. The van der Waals surface area contributed by atoms with Crippen LogP contribution < -0.4 is 16.6 Å². The van der Waals surface area contributed by atoms with Gasteiger partial charge in [-0.2, -0.15) is 0 Å². The second-order valence-corrected chi connectivity index (χ2v) is 4.80. The lowest BCUT2D eigenvalue weighted by atomic mass is 10.1. The highest BCUT2D eigenvalue weighted by Gasteiger charge is 2.24. The number of benzene rings is 1. The predicted octanol–water partition coefficient (Wildman–Crippen LogP) is 0.153.